The molecule has 7 heteroatoms. The summed E-state index contributed by atoms with van der Waals surface area (Å²) in [5, 5.41) is 7.20. The summed E-state index contributed by atoms with van der Waals surface area (Å²) in [5.74, 6) is 0.871. The van der Waals surface area contributed by atoms with E-state index in [0.717, 1.165) is 5.56 Å². The number of hydrogen-bond acceptors (Lipinski definition) is 5. The predicted octanol–water partition coefficient (Wildman–Crippen LogP) is 2.25. The summed E-state index contributed by atoms with van der Waals surface area (Å²) in [5.41, 5.74) is 1.40. The van der Waals surface area contributed by atoms with Crippen LogP contribution in [0.2, 0.25) is 0 Å². The molecule has 2 heterocycles. The molecule has 0 saturated heterocycles. The fourth-order valence-corrected chi connectivity index (χ4v) is 3.16. The van der Waals surface area contributed by atoms with Gasteiger partial charge >= 0.3 is 0 Å². The Labute approximate surface area is 167 Å². The van der Waals surface area contributed by atoms with Crippen molar-refractivity contribution in [2.24, 2.45) is 0 Å². The maximum absolute atomic E-state index is 12.6. The van der Waals surface area contributed by atoms with Gasteiger partial charge in [0.15, 0.2) is 11.5 Å². The van der Waals surface area contributed by atoms with Crippen LogP contribution in [0.15, 0.2) is 71.5 Å². The fourth-order valence-electron chi connectivity index (χ4n) is 3.16. The number of hydrogen-bond donors (Lipinski definition) is 1. The van der Waals surface area contributed by atoms with E-state index in [4.69, 9.17) is 9.47 Å². The molecule has 1 aliphatic heterocycles. The molecule has 3 aromatic rings. The van der Waals surface area contributed by atoms with Crippen molar-refractivity contribution in [3.63, 3.8) is 0 Å². The van der Waals surface area contributed by atoms with E-state index >= 15 is 0 Å². The molecule has 2 aromatic carbocycles. The smallest absolute Gasteiger partial charge is 0.266 e. The molecule has 1 N–H and O–H groups in total. The molecule has 4 rings (SSSR count). The summed E-state index contributed by atoms with van der Waals surface area (Å²) in [7, 11) is 0. The third-order valence-electron chi connectivity index (χ3n) is 4.66. The van der Waals surface area contributed by atoms with Gasteiger partial charge in [-0.15, -0.1) is 0 Å². The minimum absolute atomic E-state index is 0.224. The molecular formula is C22H21N3O4. The van der Waals surface area contributed by atoms with Crippen LogP contribution in [0, 0.1) is 0 Å². The molecule has 29 heavy (non-hydrogen) atoms. The van der Waals surface area contributed by atoms with Crippen LogP contribution in [0.3, 0.4) is 0 Å². The van der Waals surface area contributed by atoms with Gasteiger partial charge in [-0.1, -0.05) is 42.5 Å². The van der Waals surface area contributed by atoms with Gasteiger partial charge in [-0.3, -0.25) is 9.59 Å². The molecule has 0 spiro atoms. The zero-order valence-electron chi connectivity index (χ0n) is 15.9. The van der Waals surface area contributed by atoms with Gasteiger partial charge in [0.1, 0.15) is 6.10 Å². The molecule has 0 radical (unpaired) electrons. The number of nitrogens with one attached hydrogen (secondary N) is 1. The molecule has 1 aromatic heterocycles. The second-order valence-corrected chi connectivity index (χ2v) is 6.75. The lowest BCUT2D eigenvalue weighted by molar-refractivity contribution is -0.133. The number of para-hydroxylation sites is 2. The Morgan fingerprint density at radius 1 is 1.00 bits per heavy atom. The van der Waals surface area contributed by atoms with Crippen LogP contribution in [-0.4, -0.2) is 34.4 Å². The number of amides is 1. The van der Waals surface area contributed by atoms with Crippen molar-refractivity contribution >= 4 is 5.91 Å². The number of ether oxygens (including phenoxy) is 2. The Morgan fingerprint density at radius 3 is 2.45 bits per heavy atom. The van der Waals surface area contributed by atoms with Crippen molar-refractivity contribution in [2.75, 3.05) is 6.54 Å². The Morgan fingerprint density at radius 2 is 1.69 bits per heavy atom. The maximum Gasteiger partial charge on any atom is 0.266 e. The number of benzene rings is 2. The molecule has 0 aliphatic carbocycles. The molecule has 0 saturated carbocycles. The summed E-state index contributed by atoms with van der Waals surface area (Å²) in [6, 6.07) is 20.0. The highest BCUT2D eigenvalue weighted by Gasteiger charge is 2.33. The van der Waals surface area contributed by atoms with Crippen molar-refractivity contribution in [2.45, 2.75) is 25.7 Å². The zero-order chi connectivity index (χ0) is 20.2. The summed E-state index contributed by atoms with van der Waals surface area (Å²) in [4.78, 5) is 24.7. The van der Waals surface area contributed by atoms with Crippen LogP contribution < -0.4 is 20.3 Å². The summed E-state index contributed by atoms with van der Waals surface area (Å²) in [6.07, 6.45) is -1.18. The van der Waals surface area contributed by atoms with Crippen LogP contribution in [0.25, 0.3) is 11.3 Å². The lowest BCUT2D eigenvalue weighted by Gasteiger charge is -2.31. The number of carbonyl (C=O) groups is 1. The average Bonchev–Trinajstić information content (AvgIpc) is 2.75. The topological polar surface area (TPSA) is 82.4 Å². The van der Waals surface area contributed by atoms with Crippen LogP contribution in [-0.2, 0) is 11.3 Å². The highest BCUT2D eigenvalue weighted by molar-refractivity contribution is 5.82. The summed E-state index contributed by atoms with van der Waals surface area (Å²) < 4.78 is 12.9. The van der Waals surface area contributed by atoms with E-state index in [1.54, 1.807) is 25.1 Å². The van der Waals surface area contributed by atoms with Crippen molar-refractivity contribution in [1.29, 1.82) is 0 Å². The Kier molecular flexibility index (Phi) is 5.29. The molecule has 7 nitrogen and oxygen atoms in total. The first-order valence-corrected chi connectivity index (χ1v) is 9.45. The molecule has 2 atom stereocenters. The maximum atomic E-state index is 12.6. The SMILES string of the molecule is C[C@H]1Oc2ccccc2O[C@H]1C(=O)NCCn1nc(-c2ccccc2)ccc1=O. The number of carbonyl (C=O) groups excluding carboxylic acids is 1. The zero-order valence-corrected chi connectivity index (χ0v) is 15.9. The van der Waals surface area contributed by atoms with Crippen LogP contribution >= 0.6 is 0 Å². The highest BCUT2D eigenvalue weighted by atomic mass is 16.6. The first-order valence-electron chi connectivity index (χ1n) is 9.45. The van der Waals surface area contributed by atoms with Crippen LogP contribution in [0.5, 0.6) is 11.5 Å². The lowest BCUT2D eigenvalue weighted by Crippen LogP contribution is -2.49. The lowest BCUT2D eigenvalue weighted by atomic mass is 10.1. The average molecular weight is 391 g/mol. The van der Waals surface area contributed by atoms with E-state index in [9.17, 15) is 9.59 Å². The number of aromatic nitrogens is 2. The second-order valence-electron chi connectivity index (χ2n) is 6.75. The van der Waals surface area contributed by atoms with Gasteiger partial charge in [0, 0.05) is 18.2 Å². The highest BCUT2D eigenvalue weighted by Crippen LogP contribution is 2.33. The van der Waals surface area contributed by atoms with E-state index in [-0.39, 0.29) is 24.6 Å². The first kappa shape index (κ1) is 18.7. The molecular weight excluding hydrogens is 370 g/mol. The molecule has 0 fully saturated rings. The van der Waals surface area contributed by atoms with Crippen LogP contribution in [0.1, 0.15) is 6.92 Å². The normalized spacial score (nSPS) is 17.6. The Hall–Kier alpha value is -3.61. The van der Waals surface area contributed by atoms with Gasteiger partial charge in [-0.2, -0.15) is 5.10 Å². The molecule has 0 bridgehead atoms. The van der Waals surface area contributed by atoms with Gasteiger partial charge in [0.2, 0.25) is 6.10 Å². The van der Waals surface area contributed by atoms with E-state index in [1.165, 1.54) is 10.7 Å². The van der Waals surface area contributed by atoms with Gasteiger partial charge in [-0.05, 0) is 25.1 Å². The number of rotatable bonds is 5. The summed E-state index contributed by atoms with van der Waals surface area (Å²) in [6.45, 7) is 2.29. The van der Waals surface area contributed by atoms with Crippen molar-refractivity contribution < 1.29 is 14.3 Å². The molecule has 0 unspecified atom stereocenters. The number of fused-ring (bicyclic) bond motifs is 1. The van der Waals surface area contributed by atoms with Gasteiger partial charge in [0.25, 0.3) is 11.5 Å². The van der Waals surface area contributed by atoms with Crippen molar-refractivity contribution in [3.05, 3.63) is 77.1 Å². The Bertz CT molecular complexity index is 1060. The third kappa shape index (κ3) is 4.13. The predicted molar refractivity (Wildman–Crippen MR) is 108 cm³/mol. The van der Waals surface area contributed by atoms with Gasteiger partial charge < -0.3 is 14.8 Å². The first-order chi connectivity index (χ1) is 14.1. The van der Waals surface area contributed by atoms with E-state index in [0.29, 0.717) is 17.2 Å². The monoisotopic (exact) mass is 391 g/mol. The Balaban J connectivity index is 1.39. The molecule has 1 aliphatic rings. The quantitative estimate of drug-likeness (QED) is 0.721. The van der Waals surface area contributed by atoms with E-state index in [2.05, 4.69) is 10.4 Å². The fraction of sp³-hybridized carbons (Fsp3) is 0.227. The summed E-state index contributed by atoms with van der Waals surface area (Å²) >= 11 is 0. The standard InChI is InChI=1S/C22H21N3O4/c1-15-21(29-19-10-6-5-9-18(19)28-15)22(27)23-13-14-25-20(26)12-11-17(24-25)16-7-3-2-4-8-16/h2-12,15,21H,13-14H2,1H3,(H,23,27)/t15-,21-/m1/s1. The van der Waals surface area contributed by atoms with Crippen molar-refractivity contribution in [1.82, 2.24) is 15.1 Å². The van der Waals surface area contributed by atoms with Gasteiger partial charge in [-0.25, -0.2) is 4.68 Å². The largest absolute Gasteiger partial charge is 0.482 e. The van der Waals surface area contributed by atoms with Crippen LogP contribution in [0.4, 0.5) is 0 Å². The van der Waals surface area contributed by atoms with E-state index in [1.807, 2.05) is 42.5 Å². The number of nitrogens with zero attached hydrogens (tertiary/aromatic N) is 2. The van der Waals surface area contributed by atoms with Gasteiger partial charge in [0.05, 0.1) is 12.2 Å². The minimum atomic E-state index is -0.759. The minimum Gasteiger partial charge on any atom is -0.482 e. The molecule has 148 valence electrons. The molecule has 1 amide bonds. The third-order valence-corrected chi connectivity index (χ3v) is 4.66. The van der Waals surface area contributed by atoms with Crippen molar-refractivity contribution in [3.8, 4) is 22.8 Å². The van der Waals surface area contributed by atoms with E-state index < -0.39 is 12.2 Å². The second kappa shape index (κ2) is 8.18.